The van der Waals surface area contributed by atoms with Crippen LogP contribution in [0.15, 0.2) is 30.9 Å². The third-order valence-electron chi connectivity index (χ3n) is 3.07. The minimum atomic E-state index is 0.412. The average Bonchev–Trinajstić information content (AvgIpc) is 2.74. The number of hydrogen-bond acceptors (Lipinski definition) is 4. The van der Waals surface area contributed by atoms with E-state index in [1.165, 1.54) is 11.1 Å². The fourth-order valence-corrected chi connectivity index (χ4v) is 1.90. The van der Waals surface area contributed by atoms with Crippen LogP contribution in [0.5, 0.6) is 0 Å². The highest BCUT2D eigenvalue weighted by atomic mass is 15.1. The molecule has 3 rings (SSSR count). The number of hydrogen-bond donors (Lipinski definition) is 1. The van der Waals surface area contributed by atoms with Gasteiger partial charge in [-0.1, -0.05) is 0 Å². The number of nitrogens with zero attached hydrogens (tertiary/aromatic N) is 4. The summed E-state index contributed by atoms with van der Waals surface area (Å²) in [5.41, 5.74) is 9.98. The van der Waals surface area contributed by atoms with Gasteiger partial charge in [-0.15, -0.1) is 0 Å². The van der Waals surface area contributed by atoms with Crippen molar-refractivity contribution in [1.82, 2.24) is 19.5 Å². The van der Waals surface area contributed by atoms with Crippen molar-refractivity contribution in [2.45, 2.75) is 13.8 Å². The molecule has 3 aromatic rings. The van der Waals surface area contributed by atoms with E-state index >= 15 is 0 Å². The maximum atomic E-state index is 5.54. The predicted octanol–water partition coefficient (Wildman–Crippen LogP) is 2.01. The van der Waals surface area contributed by atoms with Gasteiger partial charge >= 0.3 is 0 Å². The first-order chi connectivity index (χ1) is 8.65. The smallest absolute Gasteiger partial charge is 0.157 e. The molecule has 0 unspecified atom stereocenters. The monoisotopic (exact) mass is 239 g/mol. The molecule has 2 heterocycles. The van der Waals surface area contributed by atoms with Crippen LogP contribution >= 0.6 is 0 Å². The topological polar surface area (TPSA) is 69.6 Å². The number of rotatable bonds is 1. The number of nitrogens with two attached hydrogens (primary N) is 1. The van der Waals surface area contributed by atoms with E-state index in [9.17, 15) is 0 Å². The quantitative estimate of drug-likeness (QED) is 0.705. The summed E-state index contributed by atoms with van der Waals surface area (Å²) in [5, 5.41) is 0. The van der Waals surface area contributed by atoms with Crippen molar-refractivity contribution >= 4 is 16.9 Å². The molecule has 0 aliphatic carbocycles. The molecule has 2 aromatic heterocycles. The highest BCUT2D eigenvalue weighted by Crippen LogP contribution is 2.20. The third-order valence-corrected chi connectivity index (χ3v) is 3.07. The lowest BCUT2D eigenvalue weighted by Gasteiger charge is -2.04. The SMILES string of the molecule is Cc1cc2ncn(-c3cnc(N)cn3)c2cc1C. The summed E-state index contributed by atoms with van der Waals surface area (Å²) >= 11 is 0. The second-order valence-electron chi connectivity index (χ2n) is 4.34. The van der Waals surface area contributed by atoms with Crippen LogP contribution in [0, 0.1) is 13.8 Å². The molecular weight excluding hydrogens is 226 g/mol. The Morgan fingerprint density at radius 2 is 1.78 bits per heavy atom. The lowest BCUT2D eigenvalue weighted by Crippen LogP contribution is -1.99. The Kier molecular flexibility index (Phi) is 2.26. The Hall–Kier alpha value is -2.43. The Labute approximate surface area is 104 Å². The number of aryl methyl sites for hydroxylation is 2. The van der Waals surface area contributed by atoms with Crippen LogP contribution in [0.25, 0.3) is 16.9 Å². The van der Waals surface area contributed by atoms with E-state index in [-0.39, 0.29) is 0 Å². The van der Waals surface area contributed by atoms with Crippen LogP contribution in [-0.2, 0) is 0 Å². The normalized spacial score (nSPS) is 11.0. The van der Waals surface area contributed by atoms with Crippen molar-refractivity contribution in [3.8, 4) is 5.82 Å². The third kappa shape index (κ3) is 1.60. The summed E-state index contributed by atoms with van der Waals surface area (Å²) in [4.78, 5) is 12.7. The second kappa shape index (κ2) is 3.80. The molecule has 90 valence electrons. The summed E-state index contributed by atoms with van der Waals surface area (Å²) in [6.45, 7) is 4.16. The Morgan fingerprint density at radius 1 is 1.00 bits per heavy atom. The standard InChI is InChI=1S/C13H13N5/c1-8-3-10-11(4-9(8)2)18(7-17-10)13-6-15-12(14)5-16-13/h3-7H,1-2H3,(H2,14,15). The molecule has 2 N–H and O–H groups in total. The Bertz CT molecular complexity index is 712. The van der Waals surface area contributed by atoms with Crippen LogP contribution in [0.2, 0.25) is 0 Å². The summed E-state index contributed by atoms with van der Waals surface area (Å²) in [7, 11) is 0. The number of imidazole rings is 1. The first-order valence-electron chi connectivity index (χ1n) is 5.67. The van der Waals surface area contributed by atoms with Gasteiger partial charge < -0.3 is 5.73 Å². The molecule has 18 heavy (non-hydrogen) atoms. The molecule has 0 aliphatic heterocycles. The van der Waals surface area contributed by atoms with E-state index in [4.69, 9.17) is 5.73 Å². The molecule has 0 radical (unpaired) electrons. The van der Waals surface area contributed by atoms with Crippen molar-refractivity contribution in [3.05, 3.63) is 42.0 Å². The fourth-order valence-electron chi connectivity index (χ4n) is 1.90. The molecule has 0 spiro atoms. The molecule has 0 amide bonds. The van der Waals surface area contributed by atoms with E-state index in [0.717, 1.165) is 16.9 Å². The number of nitrogen functional groups attached to an aromatic ring is 1. The van der Waals surface area contributed by atoms with Gasteiger partial charge in [-0.05, 0) is 37.1 Å². The van der Waals surface area contributed by atoms with Gasteiger partial charge in [-0.25, -0.2) is 15.0 Å². The summed E-state index contributed by atoms with van der Waals surface area (Å²) in [6.07, 6.45) is 4.94. The van der Waals surface area contributed by atoms with Gasteiger partial charge in [0.1, 0.15) is 12.1 Å². The molecule has 0 saturated carbocycles. The van der Waals surface area contributed by atoms with E-state index < -0.39 is 0 Å². The largest absolute Gasteiger partial charge is 0.382 e. The van der Waals surface area contributed by atoms with Crippen LogP contribution in [0.4, 0.5) is 5.82 Å². The van der Waals surface area contributed by atoms with Crippen molar-refractivity contribution in [2.75, 3.05) is 5.73 Å². The maximum absolute atomic E-state index is 5.54. The summed E-state index contributed by atoms with van der Waals surface area (Å²) in [6, 6.07) is 4.18. The first kappa shape index (κ1) is 10.7. The van der Waals surface area contributed by atoms with Crippen LogP contribution in [0.3, 0.4) is 0 Å². The van der Waals surface area contributed by atoms with Crippen molar-refractivity contribution in [1.29, 1.82) is 0 Å². The number of anilines is 1. The van der Waals surface area contributed by atoms with Gasteiger partial charge in [-0.2, -0.15) is 0 Å². The predicted molar refractivity (Wildman–Crippen MR) is 70.5 cm³/mol. The average molecular weight is 239 g/mol. The van der Waals surface area contributed by atoms with Gasteiger partial charge in [0.25, 0.3) is 0 Å². The molecule has 1 aromatic carbocycles. The second-order valence-corrected chi connectivity index (χ2v) is 4.34. The molecule has 0 atom stereocenters. The zero-order valence-corrected chi connectivity index (χ0v) is 10.3. The van der Waals surface area contributed by atoms with Gasteiger partial charge in [-0.3, -0.25) is 4.57 Å². The van der Waals surface area contributed by atoms with Crippen LogP contribution < -0.4 is 5.73 Å². The summed E-state index contributed by atoms with van der Waals surface area (Å²) in [5.74, 6) is 1.13. The highest BCUT2D eigenvalue weighted by Gasteiger charge is 2.07. The van der Waals surface area contributed by atoms with Crippen molar-refractivity contribution in [3.63, 3.8) is 0 Å². The minimum absolute atomic E-state index is 0.412. The zero-order chi connectivity index (χ0) is 12.7. The van der Waals surface area contributed by atoms with E-state index in [0.29, 0.717) is 5.82 Å². The Morgan fingerprint density at radius 3 is 2.50 bits per heavy atom. The molecule has 0 saturated heterocycles. The zero-order valence-electron chi connectivity index (χ0n) is 10.3. The van der Waals surface area contributed by atoms with Crippen molar-refractivity contribution in [2.24, 2.45) is 0 Å². The van der Waals surface area contributed by atoms with Gasteiger partial charge in [0.15, 0.2) is 5.82 Å². The lowest BCUT2D eigenvalue weighted by atomic mass is 10.1. The van der Waals surface area contributed by atoms with Gasteiger partial charge in [0.2, 0.25) is 0 Å². The van der Waals surface area contributed by atoms with E-state index in [1.54, 1.807) is 18.7 Å². The molecule has 5 heteroatoms. The fraction of sp³-hybridized carbons (Fsp3) is 0.154. The summed E-state index contributed by atoms with van der Waals surface area (Å²) < 4.78 is 1.91. The molecule has 0 bridgehead atoms. The van der Waals surface area contributed by atoms with Crippen LogP contribution in [0.1, 0.15) is 11.1 Å². The number of benzene rings is 1. The van der Waals surface area contributed by atoms with Gasteiger partial charge in [0, 0.05) is 0 Å². The minimum Gasteiger partial charge on any atom is -0.382 e. The first-order valence-corrected chi connectivity index (χ1v) is 5.67. The van der Waals surface area contributed by atoms with Crippen LogP contribution in [-0.4, -0.2) is 19.5 Å². The highest BCUT2D eigenvalue weighted by molar-refractivity contribution is 5.78. The molecular formula is C13H13N5. The number of fused-ring (bicyclic) bond motifs is 1. The van der Waals surface area contributed by atoms with E-state index in [1.807, 2.05) is 4.57 Å². The van der Waals surface area contributed by atoms with E-state index in [2.05, 4.69) is 40.9 Å². The molecule has 0 fully saturated rings. The molecule has 5 nitrogen and oxygen atoms in total. The lowest BCUT2D eigenvalue weighted by molar-refractivity contribution is 0.998. The Balaban J connectivity index is 2.23. The number of aromatic nitrogens is 4. The molecule has 0 aliphatic rings. The van der Waals surface area contributed by atoms with Gasteiger partial charge in [0.05, 0.1) is 23.4 Å². The maximum Gasteiger partial charge on any atom is 0.157 e. The van der Waals surface area contributed by atoms with Crippen molar-refractivity contribution < 1.29 is 0 Å².